The molecule has 2 rings (SSSR count). The number of rotatable bonds is 4. The average molecular weight is 285 g/mol. The van der Waals surface area contributed by atoms with Crippen LogP contribution in [0.5, 0.6) is 0 Å². The average Bonchev–Trinajstić information content (AvgIpc) is 2.73. The largest absolute Gasteiger partial charge is 0.236 e. The van der Waals surface area contributed by atoms with Crippen molar-refractivity contribution in [3.63, 3.8) is 0 Å². The maximum absolute atomic E-state index is 9.51. The van der Waals surface area contributed by atoms with E-state index in [4.69, 9.17) is 0 Å². The minimum absolute atomic E-state index is 0.715. The topological polar surface area (TPSA) is 41.6 Å². The van der Waals surface area contributed by atoms with Crippen LogP contribution in [0.15, 0.2) is 23.1 Å². The van der Waals surface area contributed by atoms with E-state index in [-0.39, 0.29) is 0 Å². The number of nitrogens with zero attached hydrogens (tertiary/aromatic N) is 3. The van der Waals surface area contributed by atoms with Gasteiger partial charge in [-0.15, -0.1) is 11.8 Å². The third-order valence-electron chi connectivity index (χ3n) is 3.44. The molecule has 0 radical (unpaired) electrons. The van der Waals surface area contributed by atoms with Crippen molar-refractivity contribution in [2.75, 3.05) is 5.75 Å². The molecule has 4 heteroatoms. The highest BCUT2D eigenvalue weighted by atomic mass is 32.2. The summed E-state index contributed by atoms with van der Waals surface area (Å²) in [5.74, 6) is 0.954. The summed E-state index contributed by atoms with van der Waals surface area (Å²) in [4.78, 5) is 1.03. The van der Waals surface area contributed by atoms with Gasteiger partial charge in [-0.05, 0) is 43.7 Å². The van der Waals surface area contributed by atoms with E-state index < -0.39 is 0 Å². The van der Waals surface area contributed by atoms with E-state index in [0.29, 0.717) is 5.56 Å². The van der Waals surface area contributed by atoms with Crippen LogP contribution in [-0.2, 0) is 6.42 Å². The van der Waals surface area contributed by atoms with Crippen molar-refractivity contribution < 1.29 is 0 Å². The molecule has 0 aliphatic rings. The Morgan fingerprint density at radius 2 is 2.05 bits per heavy atom. The molecule has 0 amide bonds. The Kier molecular flexibility index (Phi) is 4.51. The number of aromatic nitrogens is 2. The Bertz CT molecular complexity index is 665. The summed E-state index contributed by atoms with van der Waals surface area (Å²) in [5.41, 5.74) is 5.03. The number of thioether (sulfide) groups is 1. The molecule has 0 atom stereocenters. The molecule has 2 aromatic rings. The fraction of sp³-hybridized carbons (Fsp3) is 0.375. The highest BCUT2D eigenvalue weighted by molar-refractivity contribution is 7.99. The van der Waals surface area contributed by atoms with Crippen molar-refractivity contribution in [3.8, 4) is 11.8 Å². The quantitative estimate of drug-likeness (QED) is 0.796. The van der Waals surface area contributed by atoms with Crippen LogP contribution in [0, 0.1) is 25.2 Å². The van der Waals surface area contributed by atoms with Gasteiger partial charge in [0.05, 0.1) is 16.9 Å². The van der Waals surface area contributed by atoms with Crippen molar-refractivity contribution in [1.82, 2.24) is 9.78 Å². The fourth-order valence-corrected chi connectivity index (χ4v) is 3.29. The molecule has 1 aromatic heterocycles. The summed E-state index contributed by atoms with van der Waals surface area (Å²) in [6.07, 6.45) is 0.961. The third kappa shape index (κ3) is 2.46. The van der Waals surface area contributed by atoms with Gasteiger partial charge in [0, 0.05) is 10.6 Å². The summed E-state index contributed by atoms with van der Waals surface area (Å²) in [6.45, 7) is 8.32. The molecule has 104 valence electrons. The lowest BCUT2D eigenvalue weighted by atomic mass is 10.1. The molecule has 0 spiro atoms. The van der Waals surface area contributed by atoms with E-state index in [9.17, 15) is 5.26 Å². The smallest absolute Gasteiger partial charge is 0.103 e. The van der Waals surface area contributed by atoms with E-state index >= 15 is 0 Å². The SMILES string of the molecule is CCSc1cccc(-n2nc(C)c(CC)c2C)c1C#N. The summed E-state index contributed by atoms with van der Waals surface area (Å²) in [7, 11) is 0. The molecular formula is C16H19N3S. The van der Waals surface area contributed by atoms with Crippen LogP contribution in [-0.4, -0.2) is 15.5 Å². The number of aryl methyl sites for hydroxylation is 1. The van der Waals surface area contributed by atoms with Crippen molar-refractivity contribution in [2.45, 2.75) is 39.0 Å². The number of nitriles is 1. The molecule has 0 N–H and O–H groups in total. The monoisotopic (exact) mass is 285 g/mol. The van der Waals surface area contributed by atoms with Crippen molar-refractivity contribution in [3.05, 3.63) is 40.7 Å². The zero-order valence-corrected chi connectivity index (χ0v) is 13.2. The van der Waals surface area contributed by atoms with Crippen molar-refractivity contribution in [1.29, 1.82) is 5.26 Å². The second-order valence-electron chi connectivity index (χ2n) is 4.61. The molecule has 0 bridgehead atoms. The molecule has 3 nitrogen and oxygen atoms in total. The molecule has 0 saturated heterocycles. The maximum atomic E-state index is 9.51. The van der Waals surface area contributed by atoms with E-state index in [2.05, 4.69) is 31.9 Å². The summed E-state index contributed by atoms with van der Waals surface area (Å²) in [5, 5.41) is 14.1. The van der Waals surface area contributed by atoms with Crippen LogP contribution in [0.4, 0.5) is 0 Å². The zero-order chi connectivity index (χ0) is 14.7. The van der Waals surface area contributed by atoms with Crippen molar-refractivity contribution >= 4 is 11.8 Å². The number of benzene rings is 1. The second kappa shape index (κ2) is 6.15. The van der Waals surface area contributed by atoms with Gasteiger partial charge < -0.3 is 0 Å². The molecule has 0 fully saturated rings. The van der Waals surface area contributed by atoms with Gasteiger partial charge in [-0.1, -0.05) is 19.9 Å². The van der Waals surface area contributed by atoms with E-state index in [0.717, 1.165) is 34.1 Å². The second-order valence-corrected chi connectivity index (χ2v) is 5.92. The summed E-state index contributed by atoms with van der Waals surface area (Å²) in [6, 6.07) is 8.31. The number of hydrogen-bond donors (Lipinski definition) is 0. The molecule has 0 aliphatic heterocycles. The van der Waals surface area contributed by atoms with Gasteiger partial charge in [0.15, 0.2) is 0 Å². The fourth-order valence-electron chi connectivity index (χ4n) is 2.51. The molecular weight excluding hydrogens is 266 g/mol. The number of hydrogen-bond acceptors (Lipinski definition) is 3. The highest BCUT2D eigenvalue weighted by Crippen LogP contribution is 2.28. The van der Waals surface area contributed by atoms with Gasteiger partial charge in [0.1, 0.15) is 6.07 Å². The first-order valence-electron chi connectivity index (χ1n) is 6.85. The Labute approximate surface area is 124 Å². The van der Waals surface area contributed by atoms with Crippen LogP contribution in [0.3, 0.4) is 0 Å². The lowest BCUT2D eigenvalue weighted by Crippen LogP contribution is -2.03. The third-order valence-corrected chi connectivity index (χ3v) is 4.38. The normalized spacial score (nSPS) is 10.6. The first kappa shape index (κ1) is 14.7. The summed E-state index contributed by atoms with van der Waals surface area (Å²) < 4.78 is 1.91. The van der Waals surface area contributed by atoms with E-state index in [1.54, 1.807) is 11.8 Å². The Balaban J connectivity index is 2.65. The van der Waals surface area contributed by atoms with Gasteiger partial charge in [-0.3, -0.25) is 0 Å². The van der Waals surface area contributed by atoms with E-state index in [1.165, 1.54) is 5.56 Å². The first-order valence-corrected chi connectivity index (χ1v) is 7.83. The van der Waals surface area contributed by atoms with Crippen LogP contribution < -0.4 is 0 Å². The molecule has 0 saturated carbocycles. The molecule has 0 unspecified atom stereocenters. The van der Waals surface area contributed by atoms with Gasteiger partial charge in [-0.25, -0.2) is 4.68 Å². The molecule has 1 heterocycles. The minimum atomic E-state index is 0.715. The molecule has 0 aliphatic carbocycles. The van der Waals surface area contributed by atoms with Gasteiger partial charge in [-0.2, -0.15) is 10.4 Å². The predicted octanol–water partition coefficient (Wildman–Crippen LogP) is 4.04. The van der Waals surface area contributed by atoms with Gasteiger partial charge in [0.25, 0.3) is 0 Å². The minimum Gasteiger partial charge on any atom is -0.236 e. The van der Waals surface area contributed by atoms with Crippen molar-refractivity contribution in [2.24, 2.45) is 0 Å². The zero-order valence-electron chi connectivity index (χ0n) is 12.4. The van der Waals surface area contributed by atoms with Gasteiger partial charge >= 0.3 is 0 Å². The van der Waals surface area contributed by atoms with Crippen LogP contribution in [0.25, 0.3) is 5.69 Å². The van der Waals surface area contributed by atoms with Crippen LogP contribution >= 0.6 is 11.8 Å². The molecule has 20 heavy (non-hydrogen) atoms. The molecule has 1 aromatic carbocycles. The standard InChI is InChI=1S/C16H19N3S/c1-5-13-11(3)18-19(12(13)4)15-8-7-9-16(20-6-2)14(15)10-17/h7-9H,5-6H2,1-4H3. The Morgan fingerprint density at radius 1 is 1.30 bits per heavy atom. The highest BCUT2D eigenvalue weighted by Gasteiger charge is 2.15. The lowest BCUT2D eigenvalue weighted by Gasteiger charge is -2.10. The first-order chi connectivity index (χ1) is 9.63. The van der Waals surface area contributed by atoms with E-state index in [1.807, 2.05) is 29.8 Å². The van der Waals surface area contributed by atoms with Crippen LogP contribution in [0.2, 0.25) is 0 Å². The lowest BCUT2D eigenvalue weighted by molar-refractivity contribution is 0.827. The van der Waals surface area contributed by atoms with Gasteiger partial charge in [0.2, 0.25) is 0 Å². The Morgan fingerprint density at radius 3 is 2.60 bits per heavy atom. The van der Waals surface area contributed by atoms with Crippen LogP contribution in [0.1, 0.15) is 36.4 Å². The summed E-state index contributed by atoms with van der Waals surface area (Å²) >= 11 is 1.69. The Hall–Kier alpha value is -1.73. The maximum Gasteiger partial charge on any atom is 0.103 e. The predicted molar refractivity (Wildman–Crippen MR) is 83.5 cm³/mol.